The first-order chi connectivity index (χ1) is 10.2. The van der Waals surface area contributed by atoms with Gasteiger partial charge in [-0.1, -0.05) is 12.1 Å². The maximum absolute atomic E-state index is 11.6. The van der Waals surface area contributed by atoms with Gasteiger partial charge in [-0.15, -0.1) is 0 Å². The predicted octanol–water partition coefficient (Wildman–Crippen LogP) is 2.82. The van der Waals surface area contributed by atoms with E-state index in [1.54, 1.807) is 18.2 Å². The number of nitrogens with one attached hydrogen (secondary N) is 1. The first kappa shape index (κ1) is 16.1. The molecule has 6 heteroatoms. The molecule has 0 aliphatic heterocycles. The van der Waals surface area contributed by atoms with Crippen LogP contribution in [-0.2, 0) is 4.74 Å². The number of hydrogen-bond acceptors (Lipinski definition) is 4. The van der Waals surface area contributed by atoms with Crippen LogP contribution in [-0.4, -0.2) is 34.9 Å². The molecule has 1 aliphatic rings. The molecule has 0 radical (unpaired) electrons. The van der Waals surface area contributed by atoms with Crippen molar-refractivity contribution in [3.05, 3.63) is 29.8 Å². The van der Waals surface area contributed by atoms with Gasteiger partial charge < -0.3 is 19.9 Å². The van der Waals surface area contributed by atoms with Gasteiger partial charge in [0.1, 0.15) is 23.0 Å². The molecule has 1 aromatic rings. The Labute approximate surface area is 129 Å². The topological polar surface area (TPSA) is 84.9 Å². The molecule has 0 spiro atoms. The van der Waals surface area contributed by atoms with Gasteiger partial charge in [-0.3, -0.25) is 0 Å². The number of benzene rings is 1. The molecule has 0 heterocycles. The predicted molar refractivity (Wildman–Crippen MR) is 80.2 cm³/mol. The van der Waals surface area contributed by atoms with E-state index < -0.39 is 17.7 Å². The lowest BCUT2D eigenvalue weighted by molar-refractivity contribution is 0.0360. The van der Waals surface area contributed by atoms with Crippen LogP contribution in [0.3, 0.4) is 0 Å². The molecular formula is C16H21NO5. The number of amides is 1. The van der Waals surface area contributed by atoms with Crippen LogP contribution in [0.15, 0.2) is 24.3 Å². The summed E-state index contributed by atoms with van der Waals surface area (Å²) in [5, 5.41) is 11.9. The zero-order chi connectivity index (χ0) is 16.3. The quantitative estimate of drug-likeness (QED) is 0.893. The smallest absolute Gasteiger partial charge is 0.407 e. The Morgan fingerprint density at radius 3 is 2.45 bits per heavy atom. The highest BCUT2D eigenvalue weighted by Crippen LogP contribution is 2.28. The molecule has 0 bridgehead atoms. The van der Waals surface area contributed by atoms with E-state index in [0.29, 0.717) is 18.6 Å². The average Bonchev–Trinajstić information content (AvgIpc) is 2.34. The lowest BCUT2D eigenvalue weighted by Gasteiger charge is -2.36. The average molecular weight is 307 g/mol. The van der Waals surface area contributed by atoms with E-state index in [9.17, 15) is 9.59 Å². The monoisotopic (exact) mass is 307 g/mol. The molecule has 0 aromatic heterocycles. The van der Waals surface area contributed by atoms with Crippen molar-refractivity contribution in [3.63, 3.8) is 0 Å². The van der Waals surface area contributed by atoms with Gasteiger partial charge in [-0.05, 0) is 32.9 Å². The molecule has 0 saturated heterocycles. The highest BCUT2D eigenvalue weighted by molar-refractivity contribution is 5.90. The van der Waals surface area contributed by atoms with Crippen LogP contribution in [0.4, 0.5) is 4.79 Å². The van der Waals surface area contributed by atoms with Gasteiger partial charge in [0.25, 0.3) is 0 Å². The van der Waals surface area contributed by atoms with Crippen molar-refractivity contribution in [2.45, 2.75) is 51.4 Å². The fraction of sp³-hybridized carbons (Fsp3) is 0.500. The van der Waals surface area contributed by atoms with E-state index >= 15 is 0 Å². The highest BCUT2D eigenvalue weighted by Gasteiger charge is 2.33. The van der Waals surface area contributed by atoms with Crippen LogP contribution in [0.25, 0.3) is 0 Å². The molecule has 1 aliphatic carbocycles. The van der Waals surface area contributed by atoms with Gasteiger partial charge in [0.2, 0.25) is 0 Å². The maximum Gasteiger partial charge on any atom is 0.407 e. The lowest BCUT2D eigenvalue weighted by atomic mass is 9.89. The second-order valence-electron chi connectivity index (χ2n) is 6.36. The summed E-state index contributed by atoms with van der Waals surface area (Å²) in [4.78, 5) is 22.7. The Balaban J connectivity index is 1.81. The third-order valence-corrected chi connectivity index (χ3v) is 3.23. The largest absolute Gasteiger partial charge is 0.489 e. The van der Waals surface area contributed by atoms with Gasteiger partial charge in [0, 0.05) is 18.9 Å². The number of hydrogen-bond donors (Lipinski definition) is 2. The minimum absolute atomic E-state index is 0.00293. The van der Waals surface area contributed by atoms with Gasteiger partial charge in [0.05, 0.1) is 0 Å². The fourth-order valence-corrected chi connectivity index (χ4v) is 2.18. The van der Waals surface area contributed by atoms with Crippen molar-refractivity contribution in [3.8, 4) is 5.75 Å². The van der Waals surface area contributed by atoms with E-state index in [-0.39, 0.29) is 17.7 Å². The number of alkyl carbamates (subject to hydrolysis) is 1. The number of rotatable bonds is 4. The fourth-order valence-electron chi connectivity index (χ4n) is 2.18. The van der Waals surface area contributed by atoms with Crippen LogP contribution >= 0.6 is 0 Å². The second kappa shape index (κ2) is 6.25. The Bertz CT molecular complexity index is 558. The molecule has 0 unspecified atom stereocenters. The Hall–Kier alpha value is -2.24. The molecule has 0 atom stereocenters. The van der Waals surface area contributed by atoms with Gasteiger partial charge >= 0.3 is 12.1 Å². The minimum Gasteiger partial charge on any atom is -0.489 e. The Morgan fingerprint density at radius 2 is 1.86 bits per heavy atom. The molecule has 6 nitrogen and oxygen atoms in total. The van der Waals surface area contributed by atoms with Crippen LogP contribution in [0.1, 0.15) is 44.0 Å². The molecule has 1 saturated carbocycles. The summed E-state index contributed by atoms with van der Waals surface area (Å²) in [7, 11) is 0. The van der Waals surface area contributed by atoms with Crippen LogP contribution in [0, 0.1) is 0 Å². The van der Waals surface area contributed by atoms with Crippen molar-refractivity contribution in [1.82, 2.24) is 5.32 Å². The highest BCUT2D eigenvalue weighted by atomic mass is 16.6. The molecular weight excluding hydrogens is 286 g/mol. The summed E-state index contributed by atoms with van der Waals surface area (Å²) in [6.07, 6.45) is 0.725. The number of carbonyl (C=O) groups is 2. The molecule has 2 N–H and O–H groups in total. The third-order valence-electron chi connectivity index (χ3n) is 3.23. The molecule has 2 rings (SSSR count). The van der Waals surface area contributed by atoms with E-state index in [2.05, 4.69) is 5.32 Å². The van der Waals surface area contributed by atoms with Crippen LogP contribution < -0.4 is 10.1 Å². The first-order valence-corrected chi connectivity index (χ1v) is 7.23. The summed E-state index contributed by atoms with van der Waals surface area (Å²) >= 11 is 0. The summed E-state index contributed by atoms with van der Waals surface area (Å²) in [5.41, 5.74) is -0.379. The number of carboxylic acid groups (broad SMARTS) is 1. The van der Waals surface area contributed by atoms with Crippen molar-refractivity contribution in [1.29, 1.82) is 0 Å². The van der Waals surface area contributed by atoms with Gasteiger partial charge in [-0.25, -0.2) is 9.59 Å². The summed E-state index contributed by atoms with van der Waals surface area (Å²) in [6, 6.07) is 6.53. The SMILES string of the molecule is CC(C)(C)OC(=O)NC1CC(Oc2ccccc2C(=O)O)C1. The molecule has 1 aromatic carbocycles. The van der Waals surface area contributed by atoms with E-state index in [4.69, 9.17) is 14.6 Å². The number of ether oxygens (including phenoxy) is 2. The van der Waals surface area contributed by atoms with E-state index in [0.717, 1.165) is 0 Å². The van der Waals surface area contributed by atoms with Crippen molar-refractivity contribution < 1.29 is 24.2 Å². The second-order valence-corrected chi connectivity index (χ2v) is 6.36. The molecule has 120 valence electrons. The van der Waals surface area contributed by atoms with Crippen molar-refractivity contribution in [2.75, 3.05) is 0 Å². The number of carboxylic acids is 1. The normalized spacial score (nSPS) is 20.7. The lowest BCUT2D eigenvalue weighted by Crippen LogP contribution is -2.50. The first-order valence-electron chi connectivity index (χ1n) is 7.23. The van der Waals surface area contributed by atoms with Gasteiger partial charge in [0.15, 0.2) is 0 Å². The van der Waals surface area contributed by atoms with E-state index in [1.165, 1.54) is 6.07 Å². The van der Waals surface area contributed by atoms with Crippen LogP contribution in [0.5, 0.6) is 5.75 Å². The summed E-state index contributed by atoms with van der Waals surface area (Å²) in [6.45, 7) is 5.42. The maximum atomic E-state index is 11.6. The minimum atomic E-state index is -1.02. The van der Waals surface area contributed by atoms with Crippen LogP contribution in [0.2, 0.25) is 0 Å². The molecule has 1 fully saturated rings. The molecule has 1 amide bonds. The summed E-state index contributed by atoms with van der Waals surface area (Å²) < 4.78 is 10.9. The number of carbonyl (C=O) groups excluding carboxylic acids is 1. The molecule has 22 heavy (non-hydrogen) atoms. The zero-order valence-electron chi connectivity index (χ0n) is 13.0. The standard InChI is InChI=1S/C16H21NO5/c1-16(2,3)22-15(20)17-10-8-11(9-10)21-13-7-5-4-6-12(13)14(18)19/h4-7,10-11H,8-9H2,1-3H3,(H,17,20)(H,18,19). The Morgan fingerprint density at radius 1 is 1.23 bits per heavy atom. The summed E-state index contributed by atoms with van der Waals surface area (Å²) in [5.74, 6) is -0.658. The van der Waals surface area contributed by atoms with E-state index in [1.807, 2.05) is 20.8 Å². The van der Waals surface area contributed by atoms with Gasteiger partial charge in [-0.2, -0.15) is 0 Å². The third kappa shape index (κ3) is 4.38. The Kier molecular flexibility index (Phi) is 4.59. The van der Waals surface area contributed by atoms with Crippen molar-refractivity contribution >= 4 is 12.1 Å². The van der Waals surface area contributed by atoms with Crippen molar-refractivity contribution in [2.24, 2.45) is 0 Å². The number of aromatic carboxylic acids is 1. The zero-order valence-corrected chi connectivity index (χ0v) is 13.0. The number of para-hydroxylation sites is 1.